The van der Waals surface area contributed by atoms with Crippen LogP contribution in [-0.4, -0.2) is 140 Å². The van der Waals surface area contributed by atoms with E-state index in [0.29, 0.717) is 12.8 Å². The van der Waals surface area contributed by atoms with Crippen molar-refractivity contribution in [1.82, 2.24) is 5.32 Å². The zero-order valence-corrected chi connectivity index (χ0v) is 48.6. The van der Waals surface area contributed by atoms with E-state index in [2.05, 4.69) is 116 Å². The summed E-state index contributed by atoms with van der Waals surface area (Å²) in [7, 11) is 0. The first kappa shape index (κ1) is 71.8. The summed E-state index contributed by atoms with van der Waals surface area (Å²) in [5, 5.41) is 87.0. The monoisotopic (exact) mass is 1110 g/mol. The number of carbonyl (C=O) groups excluding carboxylic acids is 1. The first-order valence-corrected chi connectivity index (χ1v) is 30.6. The minimum absolute atomic E-state index is 0.259. The van der Waals surface area contributed by atoms with Gasteiger partial charge in [0.25, 0.3) is 0 Å². The van der Waals surface area contributed by atoms with Crippen LogP contribution in [0, 0.1) is 0 Å². The van der Waals surface area contributed by atoms with Crippen molar-refractivity contribution in [3.05, 3.63) is 109 Å². The Bertz CT molecular complexity index is 1740. The highest BCUT2D eigenvalue weighted by atomic mass is 16.7. The van der Waals surface area contributed by atoms with E-state index >= 15 is 0 Å². The number of aliphatic hydroxyl groups excluding tert-OH is 8. The molecule has 0 radical (unpaired) electrons. The van der Waals surface area contributed by atoms with Crippen molar-refractivity contribution >= 4 is 5.91 Å². The zero-order chi connectivity index (χ0) is 57.4. The lowest BCUT2D eigenvalue weighted by molar-refractivity contribution is -0.359. The van der Waals surface area contributed by atoms with E-state index in [1.54, 1.807) is 6.08 Å². The molecule has 2 rings (SSSR count). The van der Waals surface area contributed by atoms with Crippen molar-refractivity contribution in [2.45, 2.75) is 274 Å². The molecule has 0 saturated carbocycles. The molecule has 0 spiro atoms. The summed E-state index contributed by atoms with van der Waals surface area (Å²) in [5.41, 5.74) is 0. The van der Waals surface area contributed by atoms with Crippen LogP contribution >= 0.6 is 0 Å². The molecule has 0 aromatic rings. The van der Waals surface area contributed by atoms with E-state index in [0.717, 1.165) is 83.5 Å². The molecule has 0 bridgehead atoms. The van der Waals surface area contributed by atoms with Crippen LogP contribution in [0.25, 0.3) is 0 Å². The van der Waals surface area contributed by atoms with Crippen LogP contribution in [0.1, 0.15) is 200 Å². The molecular formula is C65H109NO13. The van der Waals surface area contributed by atoms with E-state index < -0.39 is 86.8 Å². The molecule has 2 saturated heterocycles. The van der Waals surface area contributed by atoms with Crippen LogP contribution in [-0.2, 0) is 23.7 Å². The number of ether oxygens (including phenoxy) is 4. The molecular weight excluding hydrogens is 1000 g/mol. The van der Waals surface area contributed by atoms with Crippen LogP contribution in [0.3, 0.4) is 0 Å². The van der Waals surface area contributed by atoms with Crippen molar-refractivity contribution in [2.24, 2.45) is 0 Å². The van der Waals surface area contributed by atoms with Gasteiger partial charge in [0, 0.05) is 6.42 Å². The molecule has 0 aromatic carbocycles. The first-order chi connectivity index (χ1) is 38.6. The van der Waals surface area contributed by atoms with Crippen LogP contribution in [0.5, 0.6) is 0 Å². The number of carbonyl (C=O) groups is 1. The molecule has 79 heavy (non-hydrogen) atoms. The highest BCUT2D eigenvalue weighted by Crippen LogP contribution is 2.30. The Morgan fingerprint density at radius 1 is 0.468 bits per heavy atom. The maximum atomic E-state index is 13.3. The van der Waals surface area contributed by atoms with Gasteiger partial charge in [-0.1, -0.05) is 213 Å². The van der Waals surface area contributed by atoms with Crippen molar-refractivity contribution in [1.29, 1.82) is 0 Å². The highest BCUT2D eigenvalue weighted by Gasteiger charge is 2.51. The lowest BCUT2D eigenvalue weighted by atomic mass is 9.97. The number of allylic oxidation sites excluding steroid dienone is 17. The van der Waals surface area contributed by atoms with Gasteiger partial charge in [-0.3, -0.25) is 4.79 Å². The summed E-state index contributed by atoms with van der Waals surface area (Å²) in [5.74, 6) is -0.261. The van der Waals surface area contributed by atoms with Gasteiger partial charge in [-0.15, -0.1) is 0 Å². The topological polar surface area (TPSA) is 228 Å². The van der Waals surface area contributed by atoms with E-state index in [4.69, 9.17) is 18.9 Å². The summed E-state index contributed by atoms with van der Waals surface area (Å²) >= 11 is 0. The largest absolute Gasteiger partial charge is 0.394 e. The second kappa shape index (κ2) is 49.3. The summed E-state index contributed by atoms with van der Waals surface area (Å²) in [6, 6.07) is -0.942. The van der Waals surface area contributed by atoms with Gasteiger partial charge in [-0.25, -0.2) is 0 Å². The van der Waals surface area contributed by atoms with Crippen molar-refractivity contribution in [3.8, 4) is 0 Å². The first-order valence-electron chi connectivity index (χ1n) is 30.6. The van der Waals surface area contributed by atoms with E-state index in [-0.39, 0.29) is 18.9 Å². The number of unbranched alkanes of at least 4 members (excludes halogenated alkanes) is 18. The molecule has 452 valence electrons. The SMILES string of the molecule is CC/C=C\C/C=C\C/C=C\C/C=C\C/C=C\C/C=C\C/C=C\CCCCCCCCCCCC(=O)NC(COC1OC(CO)C(OC2OC(CO)C(O)C(O)C2O)C(O)C1O)C(O)/C=C/CC/C=C/CCCCCCCCCC. The molecule has 2 aliphatic heterocycles. The molecule has 9 N–H and O–H groups in total. The molecule has 14 nitrogen and oxygen atoms in total. The Hall–Kier alpha value is -3.35. The van der Waals surface area contributed by atoms with E-state index in [1.165, 1.54) is 83.5 Å². The average Bonchev–Trinajstić information content (AvgIpc) is 3.55. The Morgan fingerprint density at radius 2 is 0.886 bits per heavy atom. The maximum Gasteiger partial charge on any atom is 0.220 e. The third-order valence-corrected chi connectivity index (χ3v) is 14.2. The Labute approximate surface area is 476 Å². The summed E-state index contributed by atoms with van der Waals surface area (Å²) in [4.78, 5) is 13.3. The smallest absolute Gasteiger partial charge is 0.220 e. The molecule has 1 amide bonds. The highest BCUT2D eigenvalue weighted by molar-refractivity contribution is 5.76. The fraction of sp³-hybridized carbons (Fsp3) is 0.708. The second-order valence-electron chi connectivity index (χ2n) is 21.1. The van der Waals surface area contributed by atoms with Crippen LogP contribution in [0.2, 0.25) is 0 Å². The molecule has 0 aliphatic carbocycles. The number of rotatable bonds is 47. The van der Waals surface area contributed by atoms with Gasteiger partial charge >= 0.3 is 0 Å². The molecule has 2 fully saturated rings. The van der Waals surface area contributed by atoms with Gasteiger partial charge in [0.15, 0.2) is 12.6 Å². The predicted octanol–water partition coefficient (Wildman–Crippen LogP) is 10.8. The summed E-state index contributed by atoms with van der Waals surface area (Å²) in [6.45, 7) is 2.63. The molecule has 2 heterocycles. The maximum absolute atomic E-state index is 13.3. The molecule has 12 unspecified atom stereocenters. The number of hydrogen-bond donors (Lipinski definition) is 9. The third kappa shape index (κ3) is 34.6. The van der Waals surface area contributed by atoms with Crippen LogP contribution < -0.4 is 5.32 Å². The second-order valence-corrected chi connectivity index (χ2v) is 21.1. The van der Waals surface area contributed by atoms with Gasteiger partial charge in [-0.05, 0) is 89.9 Å². The molecule has 2 aliphatic rings. The van der Waals surface area contributed by atoms with Gasteiger partial charge in [0.1, 0.15) is 48.8 Å². The lowest BCUT2D eigenvalue weighted by Crippen LogP contribution is -2.65. The molecule has 12 atom stereocenters. The summed E-state index contributed by atoms with van der Waals surface area (Å²) < 4.78 is 22.7. The predicted molar refractivity (Wildman–Crippen MR) is 318 cm³/mol. The Kier molecular flexibility index (Phi) is 44.8. The van der Waals surface area contributed by atoms with Gasteiger partial charge in [0.05, 0.1) is 32.0 Å². The van der Waals surface area contributed by atoms with Crippen molar-refractivity contribution in [2.75, 3.05) is 19.8 Å². The van der Waals surface area contributed by atoms with E-state index in [1.807, 2.05) is 6.08 Å². The minimum Gasteiger partial charge on any atom is -0.394 e. The lowest BCUT2D eigenvalue weighted by Gasteiger charge is -2.46. The molecule has 0 aromatic heterocycles. The summed E-state index contributed by atoms with van der Waals surface area (Å²) in [6.07, 6.45) is 52.7. The quantitative estimate of drug-likeness (QED) is 0.0204. The van der Waals surface area contributed by atoms with Crippen molar-refractivity contribution in [3.63, 3.8) is 0 Å². The number of nitrogens with one attached hydrogen (secondary N) is 1. The fourth-order valence-electron chi connectivity index (χ4n) is 9.29. The van der Waals surface area contributed by atoms with Gasteiger partial charge in [-0.2, -0.15) is 0 Å². The average molecular weight is 1110 g/mol. The minimum atomic E-state index is -1.80. The Balaban J connectivity index is 1.71. The van der Waals surface area contributed by atoms with Crippen LogP contribution in [0.4, 0.5) is 0 Å². The number of amides is 1. The van der Waals surface area contributed by atoms with Gasteiger partial charge in [0.2, 0.25) is 5.91 Å². The number of hydrogen-bond acceptors (Lipinski definition) is 13. The third-order valence-electron chi connectivity index (χ3n) is 14.2. The zero-order valence-electron chi connectivity index (χ0n) is 48.6. The fourth-order valence-corrected chi connectivity index (χ4v) is 9.29. The number of aliphatic hydroxyl groups is 8. The normalized spacial score (nSPS) is 25.2. The van der Waals surface area contributed by atoms with Crippen molar-refractivity contribution < 1.29 is 64.6 Å². The van der Waals surface area contributed by atoms with E-state index in [9.17, 15) is 45.6 Å². The van der Waals surface area contributed by atoms with Crippen LogP contribution in [0.15, 0.2) is 109 Å². The Morgan fingerprint density at radius 3 is 1.39 bits per heavy atom. The molecule has 14 heteroatoms. The van der Waals surface area contributed by atoms with Gasteiger partial charge < -0.3 is 65.1 Å². The standard InChI is InChI=1S/C65H109NO13/c1-3-5-7-9-11-13-15-17-19-20-21-22-23-24-25-26-27-28-29-30-31-32-33-34-35-37-39-41-43-45-47-49-57(70)66-53(54(69)48-46-44-42-40-38-36-18-16-14-12-10-8-6-4-2)52-76-64-62(75)60(73)63(56(51-68)78-64)79-65-61(74)59(72)58(71)55(50-67)77-65/h5,7,11,13,17,19,21-22,24-25,27-28,30-31,38,40,46,48,53-56,58-65,67-69,71-75H,3-4,6,8-10,12,14-16,18,20,23,26,29,32-37,39,41-45,47,49-52H2,1-2H3,(H,66,70)/b7-5-,13-11-,19-17-,22-21-,25-24-,28-27-,31-30-,40-38+,48-46+.